The summed E-state index contributed by atoms with van der Waals surface area (Å²) in [6, 6.07) is 15.5. The fourth-order valence-electron chi connectivity index (χ4n) is 1.32. The van der Waals surface area contributed by atoms with Crippen molar-refractivity contribution in [2.24, 2.45) is 0 Å². The van der Waals surface area contributed by atoms with E-state index in [9.17, 15) is 0 Å². The molecule has 0 atom stereocenters. The van der Waals surface area contributed by atoms with Crippen LogP contribution in [0, 0.1) is 6.07 Å². The highest BCUT2D eigenvalue weighted by Gasteiger charge is 1.95. The van der Waals surface area contributed by atoms with Crippen LogP contribution in [0.3, 0.4) is 0 Å². The molecule has 1 aromatic carbocycles. The van der Waals surface area contributed by atoms with Gasteiger partial charge in [0, 0.05) is 4.88 Å². The SMILES string of the molecule is C/C(=C\c1ccccc1)c1c[c]cs1. The third-order valence-corrected chi connectivity index (χ3v) is 2.99. The van der Waals surface area contributed by atoms with Crippen LogP contribution in [-0.2, 0) is 0 Å². The Kier molecular flexibility index (Phi) is 2.80. The first-order chi connectivity index (χ1) is 6.86. The zero-order chi connectivity index (χ0) is 9.80. The standard InChI is InChI=1S/C13H11S/c1-11(13-8-5-9-14-13)10-12-6-3-2-4-7-12/h2-4,6-10H,1H3/b11-10+. The minimum absolute atomic E-state index is 1.25. The van der Waals surface area contributed by atoms with Crippen LogP contribution in [0.2, 0.25) is 0 Å². The average Bonchev–Trinajstić information content (AvgIpc) is 2.72. The van der Waals surface area contributed by atoms with E-state index in [1.807, 2.05) is 17.5 Å². The Hall–Kier alpha value is -1.34. The number of benzene rings is 1. The number of hydrogen-bond donors (Lipinski definition) is 0. The molecule has 0 nitrogen and oxygen atoms in total. The summed E-state index contributed by atoms with van der Waals surface area (Å²) in [7, 11) is 0. The van der Waals surface area contributed by atoms with Crippen molar-refractivity contribution in [3.05, 3.63) is 58.3 Å². The van der Waals surface area contributed by atoms with Gasteiger partial charge in [0.25, 0.3) is 0 Å². The molecule has 2 rings (SSSR count). The van der Waals surface area contributed by atoms with Gasteiger partial charge in [0.05, 0.1) is 0 Å². The molecule has 0 aliphatic carbocycles. The van der Waals surface area contributed by atoms with Gasteiger partial charge < -0.3 is 0 Å². The lowest BCUT2D eigenvalue weighted by Crippen LogP contribution is -1.73. The minimum atomic E-state index is 1.25. The predicted molar refractivity (Wildman–Crippen MR) is 63.1 cm³/mol. The third-order valence-electron chi connectivity index (χ3n) is 2.04. The number of thiophene rings is 1. The van der Waals surface area contributed by atoms with Gasteiger partial charge >= 0.3 is 0 Å². The lowest BCUT2D eigenvalue weighted by Gasteiger charge is -1.97. The molecule has 0 fully saturated rings. The van der Waals surface area contributed by atoms with Gasteiger partial charge in [-0.15, -0.1) is 11.3 Å². The maximum Gasteiger partial charge on any atom is 0.0306 e. The van der Waals surface area contributed by atoms with E-state index >= 15 is 0 Å². The molecule has 0 saturated carbocycles. The quantitative estimate of drug-likeness (QED) is 0.682. The third kappa shape index (κ3) is 2.12. The summed E-state index contributed by atoms with van der Waals surface area (Å²) in [6.45, 7) is 2.13. The van der Waals surface area contributed by atoms with E-state index in [0.29, 0.717) is 0 Å². The topological polar surface area (TPSA) is 0 Å². The lowest BCUT2D eigenvalue weighted by molar-refractivity contribution is 1.64. The summed E-state index contributed by atoms with van der Waals surface area (Å²) < 4.78 is 0. The molecule has 1 radical (unpaired) electrons. The van der Waals surface area contributed by atoms with Crippen LogP contribution in [-0.4, -0.2) is 0 Å². The van der Waals surface area contributed by atoms with Crippen molar-refractivity contribution in [1.29, 1.82) is 0 Å². The number of rotatable bonds is 2. The Morgan fingerprint density at radius 3 is 2.71 bits per heavy atom. The molecule has 69 valence electrons. The number of hydrogen-bond acceptors (Lipinski definition) is 1. The van der Waals surface area contributed by atoms with Gasteiger partial charge in [0.1, 0.15) is 0 Å². The molecule has 2 aromatic rings. The average molecular weight is 199 g/mol. The highest BCUT2D eigenvalue weighted by molar-refractivity contribution is 7.11. The highest BCUT2D eigenvalue weighted by Crippen LogP contribution is 2.21. The molecule has 0 amide bonds. The zero-order valence-corrected chi connectivity index (χ0v) is 8.84. The van der Waals surface area contributed by atoms with Gasteiger partial charge in [-0.1, -0.05) is 36.4 Å². The molecule has 1 heteroatoms. The fourth-order valence-corrected chi connectivity index (χ4v) is 1.96. The fraction of sp³-hybridized carbons (Fsp3) is 0.0769. The van der Waals surface area contributed by atoms with Crippen molar-refractivity contribution in [3.63, 3.8) is 0 Å². The van der Waals surface area contributed by atoms with Crippen LogP contribution in [0.5, 0.6) is 0 Å². The molecule has 0 bridgehead atoms. The maximum atomic E-state index is 3.07. The van der Waals surface area contributed by atoms with Crippen LogP contribution >= 0.6 is 11.3 Å². The van der Waals surface area contributed by atoms with Crippen molar-refractivity contribution in [1.82, 2.24) is 0 Å². The molecular formula is C13H11S. The zero-order valence-electron chi connectivity index (χ0n) is 8.03. The molecule has 14 heavy (non-hydrogen) atoms. The van der Waals surface area contributed by atoms with Crippen LogP contribution in [0.4, 0.5) is 0 Å². The van der Waals surface area contributed by atoms with E-state index in [2.05, 4.69) is 43.3 Å². The summed E-state index contributed by atoms with van der Waals surface area (Å²) in [5.74, 6) is 0. The summed E-state index contributed by atoms with van der Waals surface area (Å²) in [4.78, 5) is 1.29. The van der Waals surface area contributed by atoms with E-state index in [4.69, 9.17) is 0 Å². The highest BCUT2D eigenvalue weighted by atomic mass is 32.1. The van der Waals surface area contributed by atoms with Crippen molar-refractivity contribution in [2.75, 3.05) is 0 Å². The van der Waals surface area contributed by atoms with E-state index in [0.717, 1.165) is 0 Å². The second kappa shape index (κ2) is 4.25. The second-order valence-electron chi connectivity index (χ2n) is 3.15. The largest absolute Gasteiger partial charge is 0.144 e. The molecule has 0 aliphatic heterocycles. The molecule has 0 unspecified atom stereocenters. The molecule has 1 heterocycles. The number of allylic oxidation sites excluding steroid dienone is 1. The van der Waals surface area contributed by atoms with Gasteiger partial charge in [-0.3, -0.25) is 0 Å². The van der Waals surface area contributed by atoms with Gasteiger partial charge in [0.2, 0.25) is 0 Å². The first-order valence-corrected chi connectivity index (χ1v) is 5.42. The minimum Gasteiger partial charge on any atom is -0.144 e. The lowest BCUT2D eigenvalue weighted by atomic mass is 10.1. The Balaban J connectivity index is 2.28. The Labute approximate surface area is 88.5 Å². The predicted octanol–water partition coefficient (Wildman–Crippen LogP) is 4.11. The molecular weight excluding hydrogens is 188 g/mol. The second-order valence-corrected chi connectivity index (χ2v) is 4.06. The maximum absolute atomic E-state index is 3.07. The molecule has 0 N–H and O–H groups in total. The summed E-state index contributed by atoms with van der Waals surface area (Å²) in [5, 5.41) is 1.98. The molecule has 0 saturated heterocycles. The van der Waals surface area contributed by atoms with E-state index in [1.165, 1.54) is 16.0 Å². The van der Waals surface area contributed by atoms with Crippen LogP contribution < -0.4 is 0 Å². The van der Waals surface area contributed by atoms with Crippen LogP contribution in [0.1, 0.15) is 17.4 Å². The van der Waals surface area contributed by atoms with Crippen molar-refractivity contribution in [2.45, 2.75) is 6.92 Å². The summed E-state index contributed by atoms with van der Waals surface area (Å²) in [5.41, 5.74) is 2.54. The van der Waals surface area contributed by atoms with E-state index < -0.39 is 0 Å². The van der Waals surface area contributed by atoms with Crippen molar-refractivity contribution in [3.8, 4) is 0 Å². The molecule has 0 spiro atoms. The van der Waals surface area contributed by atoms with Gasteiger partial charge in [-0.2, -0.15) is 0 Å². The summed E-state index contributed by atoms with van der Waals surface area (Å²) >= 11 is 1.73. The normalized spacial score (nSPS) is 11.6. The Bertz CT molecular complexity index is 410. The summed E-state index contributed by atoms with van der Waals surface area (Å²) in [6.07, 6.45) is 2.19. The van der Waals surface area contributed by atoms with Crippen LogP contribution in [0.25, 0.3) is 11.6 Å². The van der Waals surface area contributed by atoms with E-state index in [-0.39, 0.29) is 0 Å². The van der Waals surface area contributed by atoms with Gasteiger partial charge in [-0.05, 0) is 35.6 Å². The first kappa shape index (κ1) is 9.22. The van der Waals surface area contributed by atoms with Crippen molar-refractivity contribution >= 4 is 23.0 Å². The monoisotopic (exact) mass is 199 g/mol. The Morgan fingerprint density at radius 2 is 2.07 bits per heavy atom. The molecule has 0 aliphatic rings. The van der Waals surface area contributed by atoms with Gasteiger partial charge in [0.15, 0.2) is 0 Å². The molecule has 1 aromatic heterocycles. The van der Waals surface area contributed by atoms with Gasteiger partial charge in [-0.25, -0.2) is 0 Å². The smallest absolute Gasteiger partial charge is 0.0306 e. The first-order valence-electron chi connectivity index (χ1n) is 4.54. The van der Waals surface area contributed by atoms with E-state index in [1.54, 1.807) is 11.3 Å². The van der Waals surface area contributed by atoms with Crippen LogP contribution in [0.15, 0.2) is 41.8 Å². The Morgan fingerprint density at radius 1 is 1.29 bits per heavy atom. The van der Waals surface area contributed by atoms with Crippen molar-refractivity contribution < 1.29 is 0 Å².